The van der Waals surface area contributed by atoms with Crippen LogP contribution in [0.1, 0.15) is 16.7 Å². The summed E-state index contributed by atoms with van der Waals surface area (Å²) in [7, 11) is 3.19. The van der Waals surface area contributed by atoms with Crippen LogP contribution in [0.5, 0.6) is 17.4 Å². The molecule has 4 rings (SSSR count). The van der Waals surface area contributed by atoms with Crippen molar-refractivity contribution in [3.8, 4) is 23.4 Å². The number of methoxy groups -OCH3 is 2. The van der Waals surface area contributed by atoms with Gasteiger partial charge in [0.1, 0.15) is 18.2 Å². The van der Waals surface area contributed by atoms with Crippen molar-refractivity contribution in [1.29, 1.82) is 5.26 Å². The average molecular weight is 401 g/mol. The smallest absolute Gasteiger partial charge is 0.212 e. The van der Waals surface area contributed by atoms with Crippen LogP contribution in [0.2, 0.25) is 0 Å². The van der Waals surface area contributed by atoms with E-state index in [0.717, 1.165) is 16.8 Å². The molecule has 30 heavy (non-hydrogen) atoms. The molecule has 3 heterocycles. The Labute approximate surface area is 173 Å². The molecule has 1 aromatic carbocycles. The maximum absolute atomic E-state index is 9.00. The molecule has 0 atom stereocenters. The molecule has 0 saturated heterocycles. The van der Waals surface area contributed by atoms with Crippen LogP contribution in [0.3, 0.4) is 0 Å². The second-order valence-corrected chi connectivity index (χ2v) is 6.53. The monoisotopic (exact) mass is 401 g/mol. The standard InChI is InChI=1S/C22H19N5O3/c1-28-20-8-15(12-27-14-26-18-7-17(9-23)11-25-22(18)27)3-5-19(20)30-13-16-4-6-21(29-2)24-10-16/h3-8,10-11,14H,12-13H2,1-2H3. The summed E-state index contributed by atoms with van der Waals surface area (Å²) in [6, 6.07) is 13.3. The normalized spacial score (nSPS) is 10.6. The minimum Gasteiger partial charge on any atom is -0.493 e. The highest BCUT2D eigenvalue weighted by molar-refractivity contribution is 5.72. The first-order valence-electron chi connectivity index (χ1n) is 9.20. The zero-order chi connectivity index (χ0) is 20.9. The highest BCUT2D eigenvalue weighted by Crippen LogP contribution is 2.29. The molecule has 0 saturated carbocycles. The van der Waals surface area contributed by atoms with Crippen LogP contribution >= 0.6 is 0 Å². The second-order valence-electron chi connectivity index (χ2n) is 6.53. The van der Waals surface area contributed by atoms with Crippen LogP contribution in [-0.2, 0) is 13.2 Å². The Morgan fingerprint density at radius 2 is 1.80 bits per heavy atom. The Hall–Kier alpha value is -4.12. The van der Waals surface area contributed by atoms with Gasteiger partial charge in [-0.3, -0.25) is 0 Å². The number of ether oxygens (including phenoxy) is 3. The third kappa shape index (κ3) is 4.00. The molecule has 0 fully saturated rings. The number of fused-ring (bicyclic) bond motifs is 1. The van der Waals surface area contributed by atoms with Crippen LogP contribution in [0, 0.1) is 11.3 Å². The minimum atomic E-state index is 0.365. The third-order valence-electron chi connectivity index (χ3n) is 4.57. The zero-order valence-corrected chi connectivity index (χ0v) is 16.6. The molecule has 0 radical (unpaired) electrons. The van der Waals surface area contributed by atoms with E-state index in [1.54, 1.807) is 45.1 Å². The van der Waals surface area contributed by atoms with Crippen LogP contribution < -0.4 is 14.2 Å². The van der Waals surface area contributed by atoms with Crippen molar-refractivity contribution >= 4 is 11.2 Å². The number of hydrogen-bond donors (Lipinski definition) is 0. The predicted molar refractivity (Wildman–Crippen MR) is 109 cm³/mol. The summed E-state index contributed by atoms with van der Waals surface area (Å²) in [5, 5.41) is 9.00. The molecule has 0 aliphatic heterocycles. The van der Waals surface area contributed by atoms with Crippen molar-refractivity contribution < 1.29 is 14.2 Å². The van der Waals surface area contributed by atoms with Gasteiger partial charge in [-0.15, -0.1) is 0 Å². The van der Waals surface area contributed by atoms with Crippen molar-refractivity contribution in [3.05, 3.63) is 71.8 Å². The van der Waals surface area contributed by atoms with Crippen LogP contribution in [-0.4, -0.2) is 33.7 Å². The summed E-state index contributed by atoms with van der Waals surface area (Å²) in [5.41, 5.74) is 3.84. The molecule has 0 spiro atoms. The van der Waals surface area contributed by atoms with E-state index >= 15 is 0 Å². The minimum absolute atomic E-state index is 0.365. The first-order valence-corrected chi connectivity index (χ1v) is 9.20. The van der Waals surface area contributed by atoms with Gasteiger partial charge in [-0.25, -0.2) is 15.0 Å². The van der Waals surface area contributed by atoms with Crippen molar-refractivity contribution in [2.45, 2.75) is 13.2 Å². The Morgan fingerprint density at radius 3 is 2.53 bits per heavy atom. The number of nitrogens with zero attached hydrogens (tertiary/aromatic N) is 5. The summed E-state index contributed by atoms with van der Waals surface area (Å²) in [6.07, 6.45) is 4.98. The van der Waals surface area contributed by atoms with E-state index in [1.807, 2.05) is 28.8 Å². The number of benzene rings is 1. The Bertz CT molecular complexity index is 1210. The van der Waals surface area contributed by atoms with Crippen molar-refractivity contribution in [3.63, 3.8) is 0 Å². The molecule has 0 aliphatic carbocycles. The van der Waals surface area contributed by atoms with Crippen LogP contribution in [0.4, 0.5) is 0 Å². The molecule has 0 N–H and O–H groups in total. The highest BCUT2D eigenvalue weighted by Gasteiger charge is 2.10. The number of rotatable bonds is 7. The van der Waals surface area contributed by atoms with Crippen molar-refractivity contribution in [1.82, 2.24) is 19.5 Å². The quantitative estimate of drug-likeness (QED) is 0.469. The molecule has 8 heteroatoms. The first-order chi connectivity index (χ1) is 14.7. The summed E-state index contributed by atoms with van der Waals surface area (Å²) in [6.45, 7) is 0.929. The van der Waals surface area contributed by atoms with E-state index in [1.165, 1.54) is 0 Å². The Kier molecular flexibility index (Phi) is 5.44. The second kappa shape index (κ2) is 8.49. The molecule has 8 nitrogen and oxygen atoms in total. The Morgan fingerprint density at radius 1 is 0.933 bits per heavy atom. The molecular formula is C22H19N5O3. The number of imidazole rings is 1. The summed E-state index contributed by atoms with van der Waals surface area (Å²) in [4.78, 5) is 12.9. The summed E-state index contributed by atoms with van der Waals surface area (Å²) >= 11 is 0. The van der Waals surface area contributed by atoms with E-state index in [9.17, 15) is 0 Å². The number of hydrogen-bond acceptors (Lipinski definition) is 7. The SMILES string of the molecule is COc1ccc(COc2ccc(Cn3cnc4cc(C#N)cnc43)cc2OC)cn1. The molecule has 0 unspecified atom stereocenters. The van der Waals surface area contributed by atoms with Crippen LogP contribution in [0.25, 0.3) is 11.2 Å². The number of pyridine rings is 2. The molecule has 0 bridgehead atoms. The molecule has 4 aromatic rings. The average Bonchev–Trinajstić information content (AvgIpc) is 3.20. The van der Waals surface area contributed by atoms with Crippen molar-refractivity contribution in [2.24, 2.45) is 0 Å². The summed E-state index contributed by atoms with van der Waals surface area (Å²) in [5.74, 6) is 1.84. The van der Waals surface area contributed by atoms with E-state index in [4.69, 9.17) is 19.5 Å². The van der Waals surface area contributed by atoms with Gasteiger partial charge in [0.2, 0.25) is 5.88 Å². The fourth-order valence-electron chi connectivity index (χ4n) is 3.03. The topological polar surface area (TPSA) is 95.1 Å². The summed E-state index contributed by atoms with van der Waals surface area (Å²) < 4.78 is 18.4. The van der Waals surface area contributed by atoms with Gasteiger partial charge >= 0.3 is 0 Å². The first kappa shape index (κ1) is 19.2. The number of nitriles is 1. The van der Waals surface area contributed by atoms with Gasteiger partial charge in [0, 0.05) is 24.0 Å². The lowest BCUT2D eigenvalue weighted by Gasteiger charge is -2.13. The highest BCUT2D eigenvalue weighted by atomic mass is 16.5. The van der Waals surface area contributed by atoms with Gasteiger partial charge in [0.05, 0.1) is 32.7 Å². The fraction of sp³-hybridized carbons (Fsp3) is 0.182. The molecule has 150 valence electrons. The van der Waals surface area contributed by atoms with Gasteiger partial charge in [-0.2, -0.15) is 5.26 Å². The molecule has 0 amide bonds. The largest absolute Gasteiger partial charge is 0.493 e. The van der Waals surface area contributed by atoms with E-state index in [2.05, 4.69) is 21.0 Å². The van der Waals surface area contributed by atoms with Crippen LogP contribution in [0.15, 0.2) is 55.1 Å². The number of aromatic nitrogens is 4. The molecule has 0 aliphatic rings. The maximum atomic E-state index is 9.00. The van der Waals surface area contributed by atoms with Gasteiger partial charge in [-0.05, 0) is 29.8 Å². The van der Waals surface area contributed by atoms with E-state index in [0.29, 0.717) is 41.6 Å². The molecule has 3 aromatic heterocycles. The van der Waals surface area contributed by atoms with E-state index in [-0.39, 0.29) is 0 Å². The lowest BCUT2D eigenvalue weighted by molar-refractivity contribution is 0.283. The van der Waals surface area contributed by atoms with Gasteiger partial charge in [0.25, 0.3) is 0 Å². The van der Waals surface area contributed by atoms with Gasteiger partial charge in [-0.1, -0.05) is 6.07 Å². The Balaban J connectivity index is 1.50. The third-order valence-corrected chi connectivity index (χ3v) is 4.57. The lowest BCUT2D eigenvalue weighted by Crippen LogP contribution is -2.02. The fourth-order valence-corrected chi connectivity index (χ4v) is 3.03. The lowest BCUT2D eigenvalue weighted by atomic mass is 10.2. The van der Waals surface area contributed by atoms with Gasteiger partial charge in [0.15, 0.2) is 17.1 Å². The predicted octanol–water partition coefficient (Wildman–Crippen LogP) is 3.34. The van der Waals surface area contributed by atoms with Gasteiger partial charge < -0.3 is 18.8 Å². The van der Waals surface area contributed by atoms with E-state index < -0.39 is 0 Å². The maximum Gasteiger partial charge on any atom is 0.212 e. The molecular weight excluding hydrogens is 382 g/mol. The van der Waals surface area contributed by atoms with Crippen molar-refractivity contribution in [2.75, 3.05) is 14.2 Å². The zero-order valence-electron chi connectivity index (χ0n) is 16.6.